The lowest BCUT2D eigenvalue weighted by Crippen LogP contribution is -2.41. The van der Waals surface area contributed by atoms with Crippen molar-refractivity contribution in [3.63, 3.8) is 0 Å². The molecular formula is C25H26F4N2O2S. The first-order chi connectivity index (χ1) is 16.3. The standard InChI is InChI=1S/C25H26F4N2O2S/c26-19-9-6-16(24(32)30-17-13-20(27)23(29)21(28)14-17)12-22(19)34-18-7-4-15(5-8-18)25(33)31-10-2-1-3-11-31/h6,9,12-15,18H,1-5,7-8,10-11H2,(H,30,32). The van der Waals surface area contributed by atoms with Gasteiger partial charge in [0.1, 0.15) is 5.82 Å². The molecule has 0 aromatic heterocycles. The van der Waals surface area contributed by atoms with Crippen LogP contribution in [0, 0.1) is 29.2 Å². The van der Waals surface area contributed by atoms with Crippen molar-refractivity contribution in [2.75, 3.05) is 18.4 Å². The number of likely N-dealkylation sites (tertiary alicyclic amines) is 1. The van der Waals surface area contributed by atoms with Gasteiger partial charge in [-0.3, -0.25) is 9.59 Å². The van der Waals surface area contributed by atoms with Crippen molar-refractivity contribution < 1.29 is 27.2 Å². The third-order valence-electron chi connectivity index (χ3n) is 6.42. The number of benzene rings is 2. The maximum atomic E-state index is 14.5. The number of hydrogen-bond acceptors (Lipinski definition) is 3. The van der Waals surface area contributed by atoms with Gasteiger partial charge in [0.2, 0.25) is 5.91 Å². The monoisotopic (exact) mass is 494 g/mol. The molecule has 1 aliphatic heterocycles. The number of halogens is 4. The molecule has 0 unspecified atom stereocenters. The second kappa shape index (κ2) is 10.8. The summed E-state index contributed by atoms with van der Waals surface area (Å²) in [6, 6.07) is 5.21. The number of piperidine rings is 1. The van der Waals surface area contributed by atoms with Crippen LogP contribution < -0.4 is 5.32 Å². The Morgan fingerprint density at radius 1 is 0.853 bits per heavy atom. The first-order valence-corrected chi connectivity index (χ1v) is 12.4. The smallest absolute Gasteiger partial charge is 0.255 e. The fourth-order valence-electron chi connectivity index (χ4n) is 4.55. The number of carbonyl (C=O) groups is 2. The molecule has 1 saturated heterocycles. The van der Waals surface area contributed by atoms with E-state index in [-0.39, 0.29) is 28.3 Å². The second-order valence-corrected chi connectivity index (χ2v) is 10.2. The summed E-state index contributed by atoms with van der Waals surface area (Å²) in [7, 11) is 0. The fraction of sp³-hybridized carbons (Fsp3) is 0.440. The highest BCUT2D eigenvalue weighted by Gasteiger charge is 2.30. The number of amides is 2. The first-order valence-electron chi connectivity index (χ1n) is 11.5. The van der Waals surface area contributed by atoms with E-state index in [1.807, 2.05) is 4.90 Å². The summed E-state index contributed by atoms with van der Waals surface area (Å²) >= 11 is 1.34. The van der Waals surface area contributed by atoms with Gasteiger partial charge < -0.3 is 10.2 Å². The summed E-state index contributed by atoms with van der Waals surface area (Å²) in [5, 5.41) is 2.43. The molecular weight excluding hydrogens is 468 g/mol. The van der Waals surface area contributed by atoms with E-state index in [9.17, 15) is 27.2 Å². The molecule has 1 saturated carbocycles. The summed E-state index contributed by atoms with van der Waals surface area (Å²) < 4.78 is 54.4. The minimum absolute atomic E-state index is 0.0217. The molecule has 1 aliphatic carbocycles. The Balaban J connectivity index is 1.36. The molecule has 1 N–H and O–H groups in total. The van der Waals surface area contributed by atoms with Crippen LogP contribution in [0.4, 0.5) is 23.2 Å². The number of carbonyl (C=O) groups excluding carboxylic acids is 2. The van der Waals surface area contributed by atoms with Crippen molar-refractivity contribution in [2.45, 2.75) is 55.1 Å². The van der Waals surface area contributed by atoms with E-state index in [0.717, 1.165) is 51.6 Å². The normalized spacial score (nSPS) is 20.8. The lowest BCUT2D eigenvalue weighted by Gasteiger charge is -2.33. The van der Waals surface area contributed by atoms with Crippen LogP contribution in [0.3, 0.4) is 0 Å². The topological polar surface area (TPSA) is 49.4 Å². The van der Waals surface area contributed by atoms with E-state index >= 15 is 0 Å². The minimum atomic E-state index is -1.62. The molecule has 1 heterocycles. The van der Waals surface area contributed by atoms with Gasteiger partial charge in [0.05, 0.1) is 0 Å². The molecule has 9 heteroatoms. The van der Waals surface area contributed by atoms with Crippen molar-refractivity contribution in [3.05, 3.63) is 59.2 Å². The number of nitrogens with zero attached hydrogens (tertiary/aromatic N) is 1. The van der Waals surface area contributed by atoms with Gasteiger partial charge in [-0.05, 0) is 63.1 Å². The van der Waals surface area contributed by atoms with E-state index < -0.39 is 29.2 Å². The van der Waals surface area contributed by atoms with E-state index in [4.69, 9.17) is 0 Å². The van der Waals surface area contributed by atoms with Gasteiger partial charge in [-0.25, -0.2) is 17.6 Å². The molecule has 0 spiro atoms. The number of thioether (sulfide) groups is 1. The van der Waals surface area contributed by atoms with Crippen molar-refractivity contribution in [1.29, 1.82) is 0 Å². The van der Waals surface area contributed by atoms with Crippen LogP contribution in [0.5, 0.6) is 0 Å². The number of hydrogen-bond donors (Lipinski definition) is 1. The van der Waals surface area contributed by atoms with Crippen molar-refractivity contribution in [1.82, 2.24) is 4.90 Å². The largest absolute Gasteiger partial charge is 0.342 e. The zero-order valence-electron chi connectivity index (χ0n) is 18.6. The molecule has 2 aromatic rings. The Kier molecular flexibility index (Phi) is 7.80. The van der Waals surface area contributed by atoms with Gasteiger partial charge in [0.25, 0.3) is 5.91 Å². The average molecular weight is 495 g/mol. The molecule has 0 bridgehead atoms. The van der Waals surface area contributed by atoms with Gasteiger partial charge in [0.15, 0.2) is 17.5 Å². The highest BCUT2D eigenvalue weighted by Crippen LogP contribution is 2.38. The second-order valence-electron chi connectivity index (χ2n) is 8.83. The van der Waals surface area contributed by atoms with Gasteiger partial charge in [0, 0.05) is 52.5 Å². The summed E-state index contributed by atoms with van der Waals surface area (Å²) in [6.07, 6.45) is 6.37. The predicted molar refractivity (Wildman–Crippen MR) is 123 cm³/mol. The molecule has 182 valence electrons. The molecule has 0 radical (unpaired) electrons. The van der Waals surface area contributed by atoms with Crippen molar-refractivity contribution in [3.8, 4) is 0 Å². The maximum absolute atomic E-state index is 14.5. The van der Waals surface area contributed by atoms with Crippen LogP contribution in [0.1, 0.15) is 55.3 Å². The van der Waals surface area contributed by atoms with Crippen molar-refractivity contribution in [2.24, 2.45) is 5.92 Å². The van der Waals surface area contributed by atoms with Crippen LogP contribution in [0.25, 0.3) is 0 Å². The Bertz CT molecular complexity index is 1040. The van der Waals surface area contributed by atoms with Gasteiger partial charge in [-0.15, -0.1) is 11.8 Å². The summed E-state index contributed by atoms with van der Waals surface area (Å²) in [5.74, 6) is -5.35. The SMILES string of the molecule is O=C(Nc1cc(F)c(F)c(F)c1)c1ccc(F)c(SC2CCC(C(=O)N3CCCCC3)CC2)c1. The Labute approximate surface area is 200 Å². The highest BCUT2D eigenvalue weighted by atomic mass is 32.2. The quantitative estimate of drug-likeness (QED) is 0.400. The Morgan fingerprint density at radius 2 is 1.50 bits per heavy atom. The molecule has 2 aromatic carbocycles. The Hall–Kier alpha value is -2.55. The van der Waals surface area contributed by atoms with Crippen LogP contribution >= 0.6 is 11.8 Å². The molecule has 2 fully saturated rings. The molecule has 4 nitrogen and oxygen atoms in total. The molecule has 34 heavy (non-hydrogen) atoms. The van der Waals surface area contributed by atoms with Gasteiger partial charge in [-0.2, -0.15) is 0 Å². The third kappa shape index (κ3) is 5.74. The maximum Gasteiger partial charge on any atom is 0.255 e. The zero-order chi connectivity index (χ0) is 24.2. The number of nitrogens with one attached hydrogen (secondary N) is 1. The van der Waals surface area contributed by atoms with Crippen LogP contribution in [0.15, 0.2) is 35.2 Å². The number of anilines is 1. The van der Waals surface area contributed by atoms with Crippen LogP contribution in [0.2, 0.25) is 0 Å². The summed E-state index contributed by atoms with van der Waals surface area (Å²) in [5.41, 5.74) is -0.125. The van der Waals surface area contributed by atoms with Gasteiger partial charge >= 0.3 is 0 Å². The first kappa shape index (κ1) is 24.6. The lowest BCUT2D eigenvalue weighted by molar-refractivity contribution is -0.137. The summed E-state index contributed by atoms with van der Waals surface area (Å²) in [6.45, 7) is 1.68. The van der Waals surface area contributed by atoms with Crippen LogP contribution in [-0.4, -0.2) is 35.1 Å². The van der Waals surface area contributed by atoms with E-state index in [0.29, 0.717) is 17.0 Å². The number of rotatable bonds is 5. The predicted octanol–water partition coefficient (Wildman–Crippen LogP) is 6.16. The van der Waals surface area contributed by atoms with Gasteiger partial charge in [-0.1, -0.05) is 0 Å². The zero-order valence-corrected chi connectivity index (χ0v) is 19.4. The highest BCUT2D eigenvalue weighted by molar-refractivity contribution is 8.00. The van der Waals surface area contributed by atoms with E-state index in [2.05, 4.69) is 5.32 Å². The van der Waals surface area contributed by atoms with E-state index in [1.54, 1.807) is 0 Å². The molecule has 0 atom stereocenters. The van der Waals surface area contributed by atoms with Crippen LogP contribution in [-0.2, 0) is 4.79 Å². The molecule has 4 rings (SSSR count). The average Bonchev–Trinajstić information content (AvgIpc) is 2.84. The lowest BCUT2D eigenvalue weighted by atomic mass is 9.87. The Morgan fingerprint density at radius 3 is 2.15 bits per heavy atom. The van der Waals surface area contributed by atoms with Crippen molar-refractivity contribution >= 4 is 29.3 Å². The third-order valence-corrected chi connectivity index (χ3v) is 7.79. The summed E-state index contributed by atoms with van der Waals surface area (Å²) in [4.78, 5) is 27.5. The fourth-order valence-corrected chi connectivity index (χ4v) is 5.79. The minimum Gasteiger partial charge on any atom is -0.342 e. The molecule has 2 amide bonds. The molecule has 2 aliphatic rings. The van der Waals surface area contributed by atoms with E-state index in [1.165, 1.54) is 36.4 Å².